The highest BCUT2D eigenvalue weighted by atomic mass is 16.3. The number of hydrogen-bond acceptors (Lipinski definition) is 4. The molecule has 0 saturated heterocycles. The predicted octanol–water partition coefficient (Wildman–Crippen LogP) is 12.5. The Morgan fingerprint density at radius 2 is 0.681 bits per heavy atom. The summed E-state index contributed by atoms with van der Waals surface area (Å²) in [5.41, 5.74) is 4.71. The molecule has 0 fully saturated rings. The molecule has 0 saturated carbocycles. The van der Waals surface area contributed by atoms with Gasteiger partial charge in [0.1, 0.15) is 5.41 Å². The van der Waals surface area contributed by atoms with Gasteiger partial charge in [0.2, 0.25) is 11.8 Å². The van der Waals surface area contributed by atoms with Gasteiger partial charge in [-0.2, -0.15) is 0 Å². The predicted molar refractivity (Wildman–Crippen MR) is 282 cm³/mol. The molecular formula is C63H66N2O4. The summed E-state index contributed by atoms with van der Waals surface area (Å²) in [6, 6.07) is 58.4. The second-order valence-electron chi connectivity index (χ2n) is 19.4. The first-order chi connectivity index (χ1) is 33.3. The normalized spacial score (nSPS) is 13.0. The van der Waals surface area contributed by atoms with Gasteiger partial charge in [-0.1, -0.05) is 196 Å². The number of hydrogen-bond donors (Lipinski definition) is 4. The second-order valence-corrected chi connectivity index (χ2v) is 19.4. The number of fused-ring (bicyclic) bond motifs is 2. The van der Waals surface area contributed by atoms with Crippen molar-refractivity contribution in [3.05, 3.63) is 238 Å². The van der Waals surface area contributed by atoms with Crippen molar-refractivity contribution in [2.75, 3.05) is 0 Å². The molecule has 0 bridgehead atoms. The molecule has 0 spiro atoms. The molecule has 6 heteroatoms. The number of aryl methyl sites for hydroxylation is 4. The highest BCUT2D eigenvalue weighted by Gasteiger charge is 2.50. The van der Waals surface area contributed by atoms with Gasteiger partial charge in [0.25, 0.3) is 0 Å². The Kier molecular flexibility index (Phi) is 14.6. The summed E-state index contributed by atoms with van der Waals surface area (Å²) in [5, 5.41) is 38.0. The van der Waals surface area contributed by atoms with Crippen LogP contribution in [0.15, 0.2) is 182 Å². The third kappa shape index (κ3) is 10.2. The van der Waals surface area contributed by atoms with Crippen molar-refractivity contribution >= 4 is 33.4 Å². The summed E-state index contributed by atoms with van der Waals surface area (Å²) in [7, 11) is 0. The van der Waals surface area contributed by atoms with E-state index in [2.05, 4.69) is 10.6 Å². The molecule has 0 aliphatic carbocycles. The van der Waals surface area contributed by atoms with E-state index in [9.17, 15) is 10.2 Å². The Bertz CT molecular complexity index is 2790. The van der Waals surface area contributed by atoms with Crippen molar-refractivity contribution in [3.63, 3.8) is 0 Å². The fourth-order valence-corrected chi connectivity index (χ4v) is 10.6. The van der Waals surface area contributed by atoms with E-state index in [1.54, 1.807) is 0 Å². The van der Waals surface area contributed by atoms with E-state index in [1.165, 1.54) is 0 Å². The van der Waals surface area contributed by atoms with E-state index in [-0.39, 0.29) is 38.5 Å². The SMILES string of the molecule is CCC(CC)(C(=O)N[C@@H](c1cccc2ccccc12)C(O)(Cc1ccccc1C)Cc1ccccc1C)C(=O)N[C@@H](c1cccc2ccccc12)C(O)(Cc1ccccc1C)Cc1ccccc1C. The molecule has 0 unspecified atom stereocenters. The average molecular weight is 915 g/mol. The van der Waals surface area contributed by atoms with Gasteiger partial charge in [-0.05, 0) is 118 Å². The Labute approximate surface area is 408 Å². The summed E-state index contributed by atoms with van der Waals surface area (Å²) in [6.07, 6.45) is 1.24. The van der Waals surface area contributed by atoms with Crippen LogP contribution in [0.5, 0.6) is 0 Å². The molecule has 4 N–H and O–H groups in total. The standard InChI is InChI=1S/C63H66N2O4/c1-7-61(8-2,59(66)64-57(55-37-21-33-47-27-17-19-35-53(47)55)62(68,39-49-29-13-9-23-43(49)3)40-50-30-14-10-24-44(50)4)60(67)65-58(56-38-22-34-48-28-18-20-36-54(48)56)63(69,41-51-31-15-11-25-45(51)5)42-52-32-16-12-26-46(52)6/h9-38,57-58,68-69H,7-8,39-42H2,1-6H3,(H,64,66)(H,65,67)/t57-,58-/m0/s1. The third-order valence-electron chi connectivity index (χ3n) is 15.0. The zero-order valence-corrected chi connectivity index (χ0v) is 40.9. The van der Waals surface area contributed by atoms with E-state index in [4.69, 9.17) is 0 Å². The van der Waals surface area contributed by atoms with Crippen LogP contribution < -0.4 is 10.6 Å². The highest BCUT2D eigenvalue weighted by molar-refractivity contribution is 6.05. The maximum absolute atomic E-state index is 15.9. The molecule has 0 aliphatic heterocycles. The van der Waals surface area contributed by atoms with Crippen LogP contribution in [-0.2, 0) is 35.3 Å². The van der Waals surface area contributed by atoms with E-state index in [0.717, 1.165) is 77.2 Å². The topological polar surface area (TPSA) is 98.7 Å². The summed E-state index contributed by atoms with van der Waals surface area (Å²) in [4.78, 5) is 31.8. The lowest BCUT2D eigenvalue weighted by Crippen LogP contribution is -2.58. The van der Waals surface area contributed by atoms with Crippen molar-refractivity contribution in [2.24, 2.45) is 5.41 Å². The highest BCUT2D eigenvalue weighted by Crippen LogP contribution is 2.42. The largest absolute Gasteiger partial charge is 0.387 e. The summed E-state index contributed by atoms with van der Waals surface area (Å²) < 4.78 is 0. The van der Waals surface area contributed by atoms with Crippen LogP contribution in [0, 0.1) is 33.1 Å². The van der Waals surface area contributed by atoms with Gasteiger partial charge >= 0.3 is 0 Å². The fraction of sp³-hybridized carbons (Fsp3) is 0.270. The van der Waals surface area contributed by atoms with E-state index < -0.39 is 40.5 Å². The summed E-state index contributed by atoms with van der Waals surface area (Å²) >= 11 is 0. The van der Waals surface area contributed by atoms with Gasteiger partial charge < -0.3 is 20.8 Å². The molecule has 8 aromatic carbocycles. The van der Waals surface area contributed by atoms with Crippen molar-refractivity contribution < 1.29 is 19.8 Å². The molecule has 2 amide bonds. The summed E-state index contributed by atoms with van der Waals surface area (Å²) in [6.45, 7) is 11.9. The molecule has 6 nitrogen and oxygen atoms in total. The molecule has 352 valence electrons. The van der Waals surface area contributed by atoms with Gasteiger partial charge in [0.15, 0.2) is 0 Å². The van der Waals surface area contributed by atoms with E-state index in [0.29, 0.717) is 0 Å². The fourth-order valence-electron chi connectivity index (χ4n) is 10.6. The number of rotatable bonds is 18. The average Bonchev–Trinajstić information content (AvgIpc) is 3.35. The number of carbonyl (C=O) groups is 2. The lowest BCUT2D eigenvalue weighted by atomic mass is 9.74. The number of carbonyl (C=O) groups excluding carboxylic acids is 2. The minimum Gasteiger partial charge on any atom is -0.387 e. The number of amides is 2. The minimum absolute atomic E-state index is 0.160. The zero-order chi connectivity index (χ0) is 48.8. The van der Waals surface area contributed by atoms with Crippen molar-refractivity contribution in [1.29, 1.82) is 0 Å². The molecular weight excluding hydrogens is 849 g/mol. The van der Waals surface area contributed by atoms with Crippen molar-refractivity contribution in [3.8, 4) is 0 Å². The third-order valence-corrected chi connectivity index (χ3v) is 15.0. The lowest BCUT2D eigenvalue weighted by Gasteiger charge is -2.42. The van der Waals surface area contributed by atoms with Crippen LogP contribution in [0.1, 0.15) is 94.4 Å². The molecule has 69 heavy (non-hydrogen) atoms. The van der Waals surface area contributed by atoms with Gasteiger partial charge in [0, 0.05) is 25.7 Å². The molecule has 0 aromatic heterocycles. The molecule has 0 heterocycles. The maximum atomic E-state index is 15.9. The smallest absolute Gasteiger partial charge is 0.236 e. The second kappa shape index (κ2) is 20.8. The van der Waals surface area contributed by atoms with Crippen LogP contribution in [0.3, 0.4) is 0 Å². The number of nitrogens with one attached hydrogen (secondary N) is 2. The maximum Gasteiger partial charge on any atom is 0.236 e. The van der Waals surface area contributed by atoms with Crippen molar-refractivity contribution in [2.45, 2.75) is 103 Å². The van der Waals surface area contributed by atoms with Gasteiger partial charge in [0.05, 0.1) is 23.3 Å². The molecule has 0 aliphatic rings. The van der Waals surface area contributed by atoms with Crippen LogP contribution in [-0.4, -0.2) is 33.2 Å². The van der Waals surface area contributed by atoms with Crippen LogP contribution >= 0.6 is 0 Å². The van der Waals surface area contributed by atoms with Crippen LogP contribution in [0.4, 0.5) is 0 Å². The number of benzene rings is 8. The lowest BCUT2D eigenvalue weighted by molar-refractivity contribution is -0.148. The first-order valence-corrected chi connectivity index (χ1v) is 24.5. The van der Waals surface area contributed by atoms with Gasteiger partial charge in [-0.25, -0.2) is 0 Å². The van der Waals surface area contributed by atoms with E-state index in [1.807, 2.05) is 224 Å². The molecule has 8 rings (SSSR count). The first-order valence-electron chi connectivity index (χ1n) is 24.5. The summed E-state index contributed by atoms with van der Waals surface area (Å²) in [5.74, 6) is -0.983. The molecule has 2 atom stereocenters. The van der Waals surface area contributed by atoms with E-state index >= 15 is 9.59 Å². The Balaban J connectivity index is 1.28. The zero-order valence-electron chi connectivity index (χ0n) is 40.9. The quantitative estimate of drug-likeness (QED) is 0.0645. The Morgan fingerprint density at radius 1 is 0.406 bits per heavy atom. The molecule has 8 aromatic rings. The van der Waals surface area contributed by atoms with Crippen LogP contribution in [0.25, 0.3) is 21.5 Å². The first kappa shape index (κ1) is 48.6. The Hall–Kier alpha value is -6.86. The number of aliphatic hydroxyl groups is 2. The Morgan fingerprint density at radius 3 is 0.986 bits per heavy atom. The van der Waals surface area contributed by atoms with Gasteiger partial charge in [-0.15, -0.1) is 0 Å². The van der Waals surface area contributed by atoms with Crippen molar-refractivity contribution in [1.82, 2.24) is 10.6 Å². The van der Waals surface area contributed by atoms with Crippen LogP contribution in [0.2, 0.25) is 0 Å². The van der Waals surface area contributed by atoms with Gasteiger partial charge in [-0.3, -0.25) is 9.59 Å². The minimum atomic E-state index is -1.62. The monoisotopic (exact) mass is 915 g/mol. The molecule has 0 radical (unpaired) electrons.